The molecule has 3 rings (SSSR count). The van der Waals surface area contributed by atoms with E-state index in [0.29, 0.717) is 0 Å². The van der Waals surface area contributed by atoms with E-state index in [-0.39, 0.29) is 0 Å². The molecule has 1 N–H and O–H groups in total. The number of aromatic nitrogens is 2. The van der Waals surface area contributed by atoms with Gasteiger partial charge in [0, 0.05) is 35.7 Å². The molecule has 0 aliphatic carbocycles. The van der Waals surface area contributed by atoms with E-state index in [0.717, 1.165) is 30.2 Å². The highest BCUT2D eigenvalue weighted by Crippen LogP contribution is 2.22. The maximum atomic E-state index is 4.54. The summed E-state index contributed by atoms with van der Waals surface area (Å²) in [5.41, 5.74) is 1.11. The van der Waals surface area contributed by atoms with Crippen LogP contribution in [0.25, 0.3) is 4.96 Å². The number of hydrogen-bond donors (Lipinski definition) is 1. The van der Waals surface area contributed by atoms with Crippen LogP contribution in [0.3, 0.4) is 0 Å². The summed E-state index contributed by atoms with van der Waals surface area (Å²) in [5, 5.41) is 5.48. The van der Waals surface area contributed by atoms with Gasteiger partial charge in [0.15, 0.2) is 4.96 Å². The molecule has 0 aliphatic rings. The lowest BCUT2D eigenvalue weighted by atomic mass is 10.3. The molecule has 0 radical (unpaired) electrons. The van der Waals surface area contributed by atoms with E-state index in [1.807, 2.05) is 11.6 Å². The normalized spacial score (nSPS) is 11.4. The van der Waals surface area contributed by atoms with Crippen molar-refractivity contribution in [3.63, 3.8) is 0 Å². The Balaban J connectivity index is 1.48. The molecule has 0 fully saturated rings. The Hall–Kier alpha value is -0.690. The second-order valence-corrected chi connectivity index (χ2v) is 7.38. The molecular weight excluding hydrogens is 330 g/mol. The summed E-state index contributed by atoms with van der Waals surface area (Å²) in [5.74, 6) is 0. The zero-order valence-electron chi connectivity index (χ0n) is 9.60. The number of nitrogens with one attached hydrogen (secondary N) is 1. The van der Waals surface area contributed by atoms with Crippen molar-refractivity contribution in [3.05, 3.63) is 44.3 Å². The fourth-order valence-electron chi connectivity index (χ4n) is 1.78. The van der Waals surface area contributed by atoms with Gasteiger partial charge in [0.25, 0.3) is 0 Å². The Morgan fingerprint density at radius 2 is 2.33 bits per heavy atom. The van der Waals surface area contributed by atoms with Crippen LogP contribution in [0.2, 0.25) is 0 Å². The number of fused-ring (bicyclic) bond motifs is 1. The van der Waals surface area contributed by atoms with Gasteiger partial charge in [-0.05, 0) is 34.5 Å². The molecule has 3 aromatic heterocycles. The van der Waals surface area contributed by atoms with E-state index in [9.17, 15) is 0 Å². The van der Waals surface area contributed by atoms with Crippen LogP contribution in [0, 0.1) is 0 Å². The topological polar surface area (TPSA) is 29.3 Å². The Kier molecular flexibility index (Phi) is 3.79. The van der Waals surface area contributed by atoms with Crippen LogP contribution in [0.5, 0.6) is 0 Å². The monoisotopic (exact) mass is 341 g/mol. The molecular formula is C12H12BrN3S2. The van der Waals surface area contributed by atoms with Crippen molar-refractivity contribution in [2.45, 2.75) is 13.0 Å². The lowest BCUT2D eigenvalue weighted by Crippen LogP contribution is -2.16. The predicted molar refractivity (Wildman–Crippen MR) is 80.5 cm³/mol. The zero-order valence-corrected chi connectivity index (χ0v) is 12.8. The number of hydrogen-bond acceptors (Lipinski definition) is 4. The highest BCUT2D eigenvalue weighted by Gasteiger charge is 2.02. The van der Waals surface area contributed by atoms with Gasteiger partial charge in [-0.15, -0.1) is 22.7 Å². The Morgan fingerprint density at radius 1 is 1.39 bits per heavy atom. The minimum atomic E-state index is 0.834. The average Bonchev–Trinajstić information content (AvgIpc) is 3.00. The number of nitrogens with zero attached hydrogens (tertiary/aromatic N) is 2. The lowest BCUT2D eigenvalue weighted by molar-refractivity contribution is 0.681. The highest BCUT2D eigenvalue weighted by molar-refractivity contribution is 9.11. The summed E-state index contributed by atoms with van der Waals surface area (Å²) < 4.78 is 3.27. The number of imidazole rings is 1. The summed E-state index contributed by atoms with van der Waals surface area (Å²) >= 11 is 6.94. The van der Waals surface area contributed by atoms with Crippen LogP contribution in [0.15, 0.2) is 33.7 Å². The molecule has 0 unspecified atom stereocenters. The van der Waals surface area contributed by atoms with Crippen molar-refractivity contribution >= 4 is 43.6 Å². The first-order valence-electron chi connectivity index (χ1n) is 5.67. The SMILES string of the molecule is Brc1ccc(CCNCc2cn3ccsc3n2)s1. The minimum absolute atomic E-state index is 0.834. The largest absolute Gasteiger partial charge is 0.311 e. The van der Waals surface area contributed by atoms with Crippen molar-refractivity contribution in [3.8, 4) is 0 Å². The lowest BCUT2D eigenvalue weighted by Gasteiger charge is -2.00. The fourth-order valence-corrected chi connectivity index (χ4v) is 3.98. The molecule has 3 aromatic rings. The van der Waals surface area contributed by atoms with Crippen LogP contribution < -0.4 is 5.32 Å². The Morgan fingerprint density at radius 3 is 3.11 bits per heavy atom. The summed E-state index contributed by atoms with van der Waals surface area (Å²) in [6, 6.07) is 4.27. The molecule has 94 valence electrons. The van der Waals surface area contributed by atoms with Gasteiger partial charge in [0.2, 0.25) is 0 Å². The van der Waals surface area contributed by atoms with Crippen molar-refractivity contribution in [1.29, 1.82) is 0 Å². The van der Waals surface area contributed by atoms with E-state index >= 15 is 0 Å². The van der Waals surface area contributed by atoms with Crippen LogP contribution in [0.1, 0.15) is 10.6 Å². The molecule has 0 saturated heterocycles. The second kappa shape index (κ2) is 5.52. The molecule has 0 spiro atoms. The first-order valence-corrected chi connectivity index (χ1v) is 8.16. The van der Waals surface area contributed by atoms with Crippen molar-refractivity contribution < 1.29 is 0 Å². The molecule has 0 saturated carbocycles. The third-order valence-corrected chi connectivity index (χ3v) is 5.08. The van der Waals surface area contributed by atoms with Crippen molar-refractivity contribution in [2.75, 3.05) is 6.54 Å². The molecule has 0 atom stereocenters. The standard InChI is InChI=1S/C12H12BrN3S2/c13-11-2-1-10(18-11)3-4-14-7-9-8-16-5-6-17-12(16)15-9/h1-2,5-6,8,14H,3-4,7H2. The fraction of sp³-hybridized carbons (Fsp3) is 0.250. The molecule has 3 heterocycles. The molecule has 0 amide bonds. The summed E-state index contributed by atoms with van der Waals surface area (Å²) in [4.78, 5) is 7.00. The average molecular weight is 342 g/mol. The first-order chi connectivity index (χ1) is 8.81. The number of thiazole rings is 1. The number of halogens is 1. The van der Waals surface area contributed by atoms with Crippen molar-refractivity contribution in [1.82, 2.24) is 14.7 Å². The van der Waals surface area contributed by atoms with E-state index in [1.165, 1.54) is 8.66 Å². The maximum absolute atomic E-state index is 4.54. The van der Waals surface area contributed by atoms with Gasteiger partial charge in [-0.3, -0.25) is 4.40 Å². The molecule has 6 heteroatoms. The first kappa shape index (κ1) is 12.3. The number of thiophene rings is 1. The van der Waals surface area contributed by atoms with Crippen LogP contribution >= 0.6 is 38.6 Å². The van der Waals surface area contributed by atoms with Gasteiger partial charge < -0.3 is 5.32 Å². The van der Waals surface area contributed by atoms with Gasteiger partial charge in [0.05, 0.1) is 9.48 Å². The van der Waals surface area contributed by atoms with Crippen LogP contribution in [-0.2, 0) is 13.0 Å². The maximum Gasteiger partial charge on any atom is 0.193 e. The van der Waals surface area contributed by atoms with Gasteiger partial charge >= 0.3 is 0 Å². The molecule has 0 aromatic carbocycles. The van der Waals surface area contributed by atoms with Crippen LogP contribution in [0.4, 0.5) is 0 Å². The van der Waals surface area contributed by atoms with E-state index < -0.39 is 0 Å². The quantitative estimate of drug-likeness (QED) is 0.719. The van der Waals surface area contributed by atoms with Gasteiger partial charge in [0.1, 0.15) is 0 Å². The molecule has 0 aliphatic heterocycles. The summed E-state index contributed by atoms with van der Waals surface area (Å²) in [7, 11) is 0. The second-order valence-electron chi connectivity index (χ2n) is 3.96. The van der Waals surface area contributed by atoms with Crippen LogP contribution in [-0.4, -0.2) is 15.9 Å². The molecule has 18 heavy (non-hydrogen) atoms. The van der Waals surface area contributed by atoms with E-state index in [4.69, 9.17) is 0 Å². The summed E-state index contributed by atoms with van der Waals surface area (Å²) in [6.07, 6.45) is 5.19. The van der Waals surface area contributed by atoms with Gasteiger partial charge in [-0.2, -0.15) is 0 Å². The Labute approximate surface area is 122 Å². The van der Waals surface area contributed by atoms with Crippen molar-refractivity contribution in [2.24, 2.45) is 0 Å². The zero-order chi connectivity index (χ0) is 12.4. The highest BCUT2D eigenvalue weighted by atomic mass is 79.9. The minimum Gasteiger partial charge on any atom is -0.311 e. The predicted octanol–water partition coefficient (Wildman–Crippen LogP) is 3.55. The smallest absolute Gasteiger partial charge is 0.193 e. The number of rotatable bonds is 5. The third kappa shape index (κ3) is 2.83. The van der Waals surface area contributed by atoms with Gasteiger partial charge in [-0.25, -0.2) is 4.98 Å². The molecule has 3 nitrogen and oxygen atoms in total. The summed E-state index contributed by atoms with van der Waals surface area (Å²) in [6.45, 7) is 1.82. The third-order valence-electron chi connectivity index (χ3n) is 2.63. The molecule has 0 bridgehead atoms. The van der Waals surface area contributed by atoms with E-state index in [2.05, 4.69) is 49.0 Å². The van der Waals surface area contributed by atoms with Gasteiger partial charge in [-0.1, -0.05) is 0 Å². The van der Waals surface area contributed by atoms with E-state index in [1.54, 1.807) is 22.7 Å². The Bertz CT molecular complexity index is 612.